The van der Waals surface area contributed by atoms with E-state index in [1.54, 1.807) is 24.3 Å². The van der Waals surface area contributed by atoms with Gasteiger partial charge in [0.15, 0.2) is 0 Å². The standard InChI is InChI=1S/C17H23N3O4/c1-24-16(22)12-7-9-14(10-8-12)19-15(21)11-18-17(23)20-13-5-3-2-4-6-13/h7-10,13H,2-6,11H2,1H3,(H,19,21)(H2,18,20,23). The van der Waals surface area contributed by atoms with Gasteiger partial charge in [0.2, 0.25) is 5.91 Å². The average molecular weight is 333 g/mol. The molecule has 7 heteroatoms. The zero-order valence-electron chi connectivity index (χ0n) is 13.8. The van der Waals surface area contributed by atoms with E-state index in [4.69, 9.17) is 0 Å². The topological polar surface area (TPSA) is 96.5 Å². The molecular formula is C17H23N3O4. The zero-order chi connectivity index (χ0) is 17.4. The Hall–Kier alpha value is -2.57. The molecule has 0 atom stereocenters. The number of ether oxygens (including phenoxy) is 1. The Morgan fingerprint density at radius 2 is 1.75 bits per heavy atom. The molecule has 3 amide bonds. The Bertz CT molecular complexity index is 580. The summed E-state index contributed by atoms with van der Waals surface area (Å²) in [5.74, 6) is -0.770. The van der Waals surface area contributed by atoms with Crippen LogP contribution in [0.2, 0.25) is 0 Å². The van der Waals surface area contributed by atoms with Crippen molar-refractivity contribution in [2.24, 2.45) is 0 Å². The first-order chi connectivity index (χ1) is 11.6. The van der Waals surface area contributed by atoms with E-state index in [-0.39, 0.29) is 24.5 Å². The van der Waals surface area contributed by atoms with Crippen molar-refractivity contribution in [1.82, 2.24) is 10.6 Å². The second kappa shape index (κ2) is 8.90. The van der Waals surface area contributed by atoms with Gasteiger partial charge in [-0.2, -0.15) is 0 Å². The Kier molecular flexibility index (Phi) is 6.60. The Morgan fingerprint density at radius 3 is 2.38 bits per heavy atom. The fourth-order valence-electron chi connectivity index (χ4n) is 2.66. The summed E-state index contributed by atoms with van der Waals surface area (Å²) in [6, 6.07) is 6.21. The summed E-state index contributed by atoms with van der Waals surface area (Å²) in [6.45, 7) is -0.114. The van der Waals surface area contributed by atoms with Crippen molar-refractivity contribution in [2.75, 3.05) is 19.0 Å². The Morgan fingerprint density at radius 1 is 1.08 bits per heavy atom. The number of carbonyl (C=O) groups is 3. The minimum atomic E-state index is -0.436. The molecule has 0 unspecified atom stereocenters. The van der Waals surface area contributed by atoms with Crippen molar-refractivity contribution >= 4 is 23.6 Å². The third-order valence-electron chi connectivity index (χ3n) is 3.94. The molecule has 0 spiro atoms. The van der Waals surface area contributed by atoms with Crippen LogP contribution in [-0.4, -0.2) is 37.6 Å². The Balaban J connectivity index is 1.72. The maximum absolute atomic E-state index is 11.8. The van der Waals surface area contributed by atoms with E-state index in [1.807, 2.05) is 0 Å². The van der Waals surface area contributed by atoms with Gasteiger partial charge in [-0.1, -0.05) is 19.3 Å². The molecule has 1 aromatic carbocycles. The monoisotopic (exact) mass is 333 g/mol. The summed E-state index contributed by atoms with van der Waals surface area (Å²) in [6.07, 6.45) is 5.47. The molecule has 0 radical (unpaired) electrons. The average Bonchev–Trinajstić information content (AvgIpc) is 2.61. The predicted octanol–water partition coefficient (Wildman–Crippen LogP) is 2.04. The Labute approximate surface area is 141 Å². The number of hydrogen-bond acceptors (Lipinski definition) is 4. The molecule has 130 valence electrons. The normalized spacial score (nSPS) is 14.5. The molecule has 24 heavy (non-hydrogen) atoms. The number of esters is 1. The lowest BCUT2D eigenvalue weighted by atomic mass is 9.96. The van der Waals surface area contributed by atoms with Crippen molar-refractivity contribution in [3.63, 3.8) is 0 Å². The van der Waals surface area contributed by atoms with Crippen LogP contribution >= 0.6 is 0 Å². The predicted molar refractivity (Wildman–Crippen MR) is 89.8 cm³/mol. The molecule has 1 aliphatic carbocycles. The van der Waals surface area contributed by atoms with Gasteiger partial charge >= 0.3 is 12.0 Å². The number of urea groups is 1. The van der Waals surface area contributed by atoms with E-state index in [1.165, 1.54) is 13.5 Å². The first-order valence-electron chi connectivity index (χ1n) is 8.11. The molecule has 0 heterocycles. The van der Waals surface area contributed by atoms with Crippen molar-refractivity contribution in [3.8, 4) is 0 Å². The molecule has 1 aromatic rings. The number of rotatable bonds is 5. The fourth-order valence-corrected chi connectivity index (χ4v) is 2.66. The van der Waals surface area contributed by atoms with Gasteiger partial charge in [-0.25, -0.2) is 9.59 Å². The summed E-state index contributed by atoms with van der Waals surface area (Å²) >= 11 is 0. The van der Waals surface area contributed by atoms with Crippen LogP contribution in [-0.2, 0) is 9.53 Å². The highest BCUT2D eigenvalue weighted by atomic mass is 16.5. The van der Waals surface area contributed by atoms with Crippen LogP contribution in [0, 0.1) is 0 Å². The molecule has 0 aromatic heterocycles. The summed E-state index contributed by atoms with van der Waals surface area (Å²) < 4.78 is 4.60. The van der Waals surface area contributed by atoms with Crippen LogP contribution in [0.4, 0.5) is 10.5 Å². The molecule has 1 aliphatic rings. The fraction of sp³-hybridized carbons (Fsp3) is 0.471. The first kappa shape index (κ1) is 17.8. The summed E-state index contributed by atoms with van der Waals surface area (Å²) in [5.41, 5.74) is 0.947. The van der Waals surface area contributed by atoms with Gasteiger partial charge in [0.25, 0.3) is 0 Å². The highest BCUT2D eigenvalue weighted by Gasteiger charge is 2.15. The lowest BCUT2D eigenvalue weighted by Crippen LogP contribution is -2.45. The van der Waals surface area contributed by atoms with Crippen molar-refractivity contribution in [2.45, 2.75) is 38.1 Å². The lowest BCUT2D eigenvalue weighted by molar-refractivity contribution is -0.115. The molecule has 3 N–H and O–H groups in total. The van der Waals surface area contributed by atoms with E-state index in [0.717, 1.165) is 25.7 Å². The second-order valence-electron chi connectivity index (χ2n) is 5.78. The van der Waals surface area contributed by atoms with Crippen molar-refractivity contribution in [1.29, 1.82) is 0 Å². The van der Waals surface area contributed by atoms with Gasteiger partial charge in [0.1, 0.15) is 0 Å². The smallest absolute Gasteiger partial charge is 0.337 e. The van der Waals surface area contributed by atoms with Crippen molar-refractivity contribution < 1.29 is 19.1 Å². The maximum Gasteiger partial charge on any atom is 0.337 e. The van der Waals surface area contributed by atoms with Crippen LogP contribution < -0.4 is 16.0 Å². The van der Waals surface area contributed by atoms with Crippen LogP contribution in [0.1, 0.15) is 42.5 Å². The molecule has 0 saturated heterocycles. The van der Waals surface area contributed by atoms with E-state index in [9.17, 15) is 14.4 Å². The third-order valence-corrected chi connectivity index (χ3v) is 3.94. The van der Waals surface area contributed by atoms with Gasteiger partial charge in [0.05, 0.1) is 19.2 Å². The largest absolute Gasteiger partial charge is 0.465 e. The van der Waals surface area contributed by atoms with Crippen LogP contribution in [0.5, 0.6) is 0 Å². The zero-order valence-corrected chi connectivity index (χ0v) is 13.8. The number of hydrogen-bond donors (Lipinski definition) is 3. The first-order valence-corrected chi connectivity index (χ1v) is 8.11. The SMILES string of the molecule is COC(=O)c1ccc(NC(=O)CNC(=O)NC2CCCCC2)cc1. The number of methoxy groups -OCH3 is 1. The van der Waals surface area contributed by atoms with E-state index < -0.39 is 5.97 Å². The lowest BCUT2D eigenvalue weighted by Gasteiger charge is -2.22. The molecule has 0 bridgehead atoms. The minimum Gasteiger partial charge on any atom is -0.465 e. The van der Waals surface area contributed by atoms with E-state index in [2.05, 4.69) is 20.7 Å². The number of carbonyl (C=O) groups excluding carboxylic acids is 3. The van der Waals surface area contributed by atoms with Crippen LogP contribution in [0.25, 0.3) is 0 Å². The number of benzene rings is 1. The second-order valence-corrected chi connectivity index (χ2v) is 5.78. The molecule has 2 rings (SSSR count). The van der Waals surface area contributed by atoms with Gasteiger partial charge in [-0.05, 0) is 37.1 Å². The highest BCUT2D eigenvalue weighted by Crippen LogP contribution is 2.17. The van der Waals surface area contributed by atoms with Gasteiger partial charge in [-0.15, -0.1) is 0 Å². The molecule has 1 fully saturated rings. The summed E-state index contributed by atoms with van der Waals surface area (Å²) in [5, 5.41) is 8.09. The summed E-state index contributed by atoms with van der Waals surface area (Å²) in [7, 11) is 1.31. The van der Waals surface area contributed by atoms with Crippen molar-refractivity contribution in [3.05, 3.63) is 29.8 Å². The van der Waals surface area contributed by atoms with Crippen LogP contribution in [0.15, 0.2) is 24.3 Å². The number of nitrogens with one attached hydrogen (secondary N) is 3. The van der Waals surface area contributed by atoms with Gasteiger partial charge in [0, 0.05) is 11.7 Å². The van der Waals surface area contributed by atoms with E-state index in [0.29, 0.717) is 11.3 Å². The molecule has 1 saturated carbocycles. The summed E-state index contributed by atoms with van der Waals surface area (Å²) in [4.78, 5) is 34.9. The molecule has 0 aliphatic heterocycles. The molecule has 7 nitrogen and oxygen atoms in total. The van der Waals surface area contributed by atoms with E-state index >= 15 is 0 Å². The van der Waals surface area contributed by atoms with Gasteiger partial charge < -0.3 is 20.7 Å². The molecular weight excluding hydrogens is 310 g/mol. The number of anilines is 1. The van der Waals surface area contributed by atoms with Crippen LogP contribution in [0.3, 0.4) is 0 Å². The maximum atomic E-state index is 11.8. The third kappa shape index (κ3) is 5.57. The quantitative estimate of drug-likeness (QED) is 0.719. The van der Waals surface area contributed by atoms with Gasteiger partial charge in [-0.3, -0.25) is 4.79 Å². The minimum absolute atomic E-state index is 0.114. The number of amides is 3. The highest BCUT2D eigenvalue weighted by molar-refractivity contribution is 5.95.